The van der Waals surface area contributed by atoms with Gasteiger partial charge in [-0.05, 0) is 68.7 Å². The Bertz CT molecular complexity index is 1490. The van der Waals surface area contributed by atoms with Gasteiger partial charge >= 0.3 is 0 Å². The average molecular weight is 657 g/mol. The lowest BCUT2D eigenvalue weighted by Gasteiger charge is -2.33. The largest absolute Gasteiger partial charge is 0.497 e. The summed E-state index contributed by atoms with van der Waals surface area (Å²) in [6.45, 7) is 3.20. The predicted molar refractivity (Wildman–Crippen MR) is 168 cm³/mol. The van der Waals surface area contributed by atoms with Gasteiger partial charge in [-0.3, -0.25) is 13.9 Å². The average Bonchev–Trinajstić information content (AvgIpc) is 2.99. The van der Waals surface area contributed by atoms with Crippen LogP contribution < -0.4 is 14.4 Å². The lowest BCUT2D eigenvalue weighted by atomic mass is 9.95. The van der Waals surface area contributed by atoms with E-state index in [1.165, 1.54) is 24.1 Å². The van der Waals surface area contributed by atoms with Gasteiger partial charge < -0.3 is 15.0 Å². The van der Waals surface area contributed by atoms with Crippen LogP contribution in [0.3, 0.4) is 0 Å². The Balaban J connectivity index is 1.69. The fourth-order valence-corrected chi connectivity index (χ4v) is 6.97. The summed E-state index contributed by atoms with van der Waals surface area (Å²) in [5.74, 6) is -0.297. The summed E-state index contributed by atoms with van der Waals surface area (Å²) < 4.78 is 35.3. The molecule has 0 bridgehead atoms. The van der Waals surface area contributed by atoms with E-state index >= 15 is 0 Å². The molecule has 8 nitrogen and oxygen atoms in total. The van der Waals surface area contributed by atoms with Crippen molar-refractivity contribution < 1.29 is 22.7 Å². The smallest absolute Gasteiger partial charge is 0.264 e. The van der Waals surface area contributed by atoms with Crippen LogP contribution in [0.2, 0.25) is 0 Å². The topological polar surface area (TPSA) is 96.0 Å². The first-order valence-electron chi connectivity index (χ1n) is 14.2. The number of methoxy groups -OCH3 is 1. The van der Waals surface area contributed by atoms with Crippen LogP contribution in [0, 0.1) is 6.92 Å². The maximum atomic E-state index is 14.1. The zero-order chi connectivity index (χ0) is 30.3. The van der Waals surface area contributed by atoms with Gasteiger partial charge in [-0.1, -0.05) is 71.1 Å². The van der Waals surface area contributed by atoms with Crippen LogP contribution in [0.25, 0.3) is 0 Å². The van der Waals surface area contributed by atoms with Gasteiger partial charge in [-0.15, -0.1) is 0 Å². The van der Waals surface area contributed by atoms with Crippen molar-refractivity contribution in [3.8, 4) is 5.75 Å². The number of benzene rings is 3. The molecule has 2 amide bonds. The SMILES string of the molecule is COc1cccc(N(CC(=O)N(Cc2cccc(Br)c2)[C@@H](C)C(=O)NC2CCCCC2)S(=O)(=O)c2ccc(C)cc2)c1. The number of sulfonamides is 1. The van der Waals surface area contributed by atoms with E-state index in [0.717, 1.165) is 52.0 Å². The number of aryl methyl sites for hydroxylation is 1. The number of amides is 2. The first-order chi connectivity index (χ1) is 20.1. The quantitative estimate of drug-likeness (QED) is 0.281. The van der Waals surface area contributed by atoms with Crippen LogP contribution in [0.4, 0.5) is 5.69 Å². The van der Waals surface area contributed by atoms with E-state index in [9.17, 15) is 18.0 Å². The van der Waals surface area contributed by atoms with E-state index in [2.05, 4.69) is 21.2 Å². The van der Waals surface area contributed by atoms with Crippen molar-refractivity contribution in [2.75, 3.05) is 18.0 Å². The number of hydrogen-bond donors (Lipinski definition) is 1. The van der Waals surface area contributed by atoms with E-state index in [1.807, 2.05) is 31.2 Å². The van der Waals surface area contributed by atoms with Crippen molar-refractivity contribution in [1.82, 2.24) is 10.2 Å². The molecule has 1 fully saturated rings. The summed E-state index contributed by atoms with van der Waals surface area (Å²) in [5.41, 5.74) is 2.00. The molecular weight excluding hydrogens is 618 g/mol. The molecule has 0 radical (unpaired) electrons. The van der Waals surface area contributed by atoms with E-state index in [-0.39, 0.29) is 29.1 Å². The highest BCUT2D eigenvalue weighted by molar-refractivity contribution is 9.10. The van der Waals surface area contributed by atoms with Gasteiger partial charge in [-0.25, -0.2) is 8.42 Å². The summed E-state index contributed by atoms with van der Waals surface area (Å²) in [6.07, 6.45) is 5.11. The Morgan fingerprint density at radius 3 is 2.36 bits per heavy atom. The number of rotatable bonds is 11. The second-order valence-electron chi connectivity index (χ2n) is 10.7. The first-order valence-corrected chi connectivity index (χ1v) is 16.4. The van der Waals surface area contributed by atoms with Crippen molar-refractivity contribution >= 4 is 43.5 Å². The third-order valence-electron chi connectivity index (χ3n) is 7.59. The predicted octanol–water partition coefficient (Wildman–Crippen LogP) is 5.83. The monoisotopic (exact) mass is 655 g/mol. The first kappa shape index (κ1) is 31.6. The van der Waals surface area contributed by atoms with Gasteiger partial charge in [0.05, 0.1) is 17.7 Å². The van der Waals surface area contributed by atoms with Gasteiger partial charge in [0.25, 0.3) is 10.0 Å². The molecule has 0 heterocycles. The van der Waals surface area contributed by atoms with E-state index in [4.69, 9.17) is 4.74 Å². The molecule has 0 aliphatic heterocycles. The zero-order valence-electron chi connectivity index (χ0n) is 24.3. The highest BCUT2D eigenvalue weighted by Gasteiger charge is 2.33. The lowest BCUT2D eigenvalue weighted by molar-refractivity contribution is -0.139. The molecule has 1 N–H and O–H groups in total. The molecule has 0 spiro atoms. The Morgan fingerprint density at radius 2 is 1.69 bits per heavy atom. The van der Waals surface area contributed by atoms with Crippen molar-refractivity contribution in [3.05, 3.63) is 88.4 Å². The molecule has 0 saturated heterocycles. The second kappa shape index (κ2) is 14.2. The molecular formula is C32H38BrN3O5S. The number of carbonyl (C=O) groups excluding carboxylic acids is 2. The molecule has 1 atom stereocenters. The fraction of sp³-hybridized carbons (Fsp3) is 0.375. The van der Waals surface area contributed by atoms with Gasteiger partial charge in [0.15, 0.2) is 0 Å². The van der Waals surface area contributed by atoms with Crippen molar-refractivity contribution in [1.29, 1.82) is 0 Å². The molecule has 0 unspecified atom stereocenters. The lowest BCUT2D eigenvalue weighted by Crippen LogP contribution is -2.53. The Labute approximate surface area is 257 Å². The van der Waals surface area contributed by atoms with Crippen molar-refractivity contribution in [2.24, 2.45) is 0 Å². The molecule has 42 heavy (non-hydrogen) atoms. The van der Waals surface area contributed by atoms with Crippen LogP contribution in [-0.4, -0.2) is 50.9 Å². The normalized spacial score (nSPS) is 14.6. The maximum Gasteiger partial charge on any atom is 0.264 e. The molecule has 1 aliphatic carbocycles. The highest BCUT2D eigenvalue weighted by Crippen LogP contribution is 2.28. The van der Waals surface area contributed by atoms with E-state index in [1.54, 1.807) is 43.3 Å². The summed E-state index contributed by atoms with van der Waals surface area (Å²) in [6, 6.07) is 19.8. The molecule has 4 rings (SSSR count). The van der Waals surface area contributed by atoms with E-state index < -0.39 is 28.5 Å². The van der Waals surface area contributed by atoms with Gasteiger partial charge in [0, 0.05) is 23.1 Å². The minimum atomic E-state index is -4.15. The van der Waals surface area contributed by atoms with Crippen molar-refractivity contribution in [3.63, 3.8) is 0 Å². The van der Waals surface area contributed by atoms with Crippen LogP contribution in [-0.2, 0) is 26.2 Å². The summed E-state index contributed by atoms with van der Waals surface area (Å²) in [4.78, 5) is 29.1. The summed E-state index contributed by atoms with van der Waals surface area (Å²) >= 11 is 3.48. The van der Waals surface area contributed by atoms with Gasteiger partial charge in [-0.2, -0.15) is 0 Å². The number of carbonyl (C=O) groups is 2. The number of halogens is 1. The molecule has 10 heteroatoms. The summed E-state index contributed by atoms with van der Waals surface area (Å²) in [5, 5.41) is 3.12. The Morgan fingerprint density at radius 1 is 1.00 bits per heavy atom. The minimum absolute atomic E-state index is 0.0605. The zero-order valence-corrected chi connectivity index (χ0v) is 26.7. The molecule has 1 saturated carbocycles. The summed E-state index contributed by atoms with van der Waals surface area (Å²) in [7, 11) is -2.65. The maximum absolute atomic E-state index is 14.1. The number of anilines is 1. The molecule has 3 aromatic carbocycles. The Hall–Kier alpha value is -3.37. The standard InChI is InChI=1S/C32H38BrN3O5S/c1-23-15-17-30(18-16-23)42(39,40)36(28-13-8-14-29(20-28)41-3)22-31(37)35(21-25-9-7-10-26(33)19-25)24(2)32(38)34-27-11-5-4-6-12-27/h7-10,13-20,24,27H,4-6,11-12,21-22H2,1-3H3,(H,34,38)/t24-/m0/s1. The minimum Gasteiger partial charge on any atom is -0.497 e. The third kappa shape index (κ3) is 7.92. The van der Waals surface area contributed by atoms with Gasteiger partial charge in [0.2, 0.25) is 11.8 Å². The number of nitrogens with zero attached hydrogens (tertiary/aromatic N) is 2. The molecule has 1 aliphatic rings. The number of nitrogens with one attached hydrogen (secondary N) is 1. The second-order valence-corrected chi connectivity index (χ2v) is 13.5. The number of hydrogen-bond acceptors (Lipinski definition) is 5. The van der Waals surface area contributed by atoms with Crippen LogP contribution in [0.15, 0.2) is 82.2 Å². The molecule has 224 valence electrons. The van der Waals surface area contributed by atoms with Gasteiger partial charge in [0.1, 0.15) is 18.3 Å². The molecule has 3 aromatic rings. The van der Waals surface area contributed by atoms with Crippen LogP contribution in [0.5, 0.6) is 5.75 Å². The Kier molecular flexibility index (Phi) is 10.7. The van der Waals surface area contributed by atoms with Crippen LogP contribution >= 0.6 is 15.9 Å². The van der Waals surface area contributed by atoms with Crippen molar-refractivity contribution in [2.45, 2.75) is 69.5 Å². The number of ether oxygens (including phenoxy) is 1. The van der Waals surface area contributed by atoms with Crippen LogP contribution in [0.1, 0.15) is 50.2 Å². The highest BCUT2D eigenvalue weighted by atomic mass is 79.9. The van der Waals surface area contributed by atoms with E-state index in [0.29, 0.717) is 5.75 Å². The third-order valence-corrected chi connectivity index (χ3v) is 9.87. The molecule has 0 aromatic heterocycles. The fourth-order valence-electron chi connectivity index (χ4n) is 5.12.